The fourth-order valence-corrected chi connectivity index (χ4v) is 2.22. The minimum absolute atomic E-state index is 0.138. The lowest BCUT2D eigenvalue weighted by molar-refractivity contribution is -0.0144. The van der Waals surface area contributed by atoms with E-state index in [1.807, 2.05) is 6.07 Å². The van der Waals surface area contributed by atoms with Gasteiger partial charge in [0, 0.05) is 17.1 Å². The van der Waals surface area contributed by atoms with Gasteiger partial charge < -0.3 is 10.5 Å². The fourth-order valence-electron chi connectivity index (χ4n) is 1.52. The molecule has 0 atom stereocenters. The summed E-state index contributed by atoms with van der Waals surface area (Å²) < 4.78 is 5.04. The Labute approximate surface area is 132 Å². The topological polar surface area (TPSA) is 99.4 Å². The molecule has 2 aromatic rings. The third-order valence-electron chi connectivity index (χ3n) is 2.37. The third-order valence-corrected chi connectivity index (χ3v) is 3.28. The van der Waals surface area contributed by atoms with Crippen molar-refractivity contribution >= 4 is 23.2 Å². The first-order valence-electron chi connectivity index (χ1n) is 6.60. The predicted molar refractivity (Wildman–Crippen MR) is 83.9 cm³/mol. The Morgan fingerprint density at radius 2 is 2.18 bits per heavy atom. The standard InChI is InChI=1S/C14H18N4O3S/c1-14(2,3)21-13(19)18-20-7-10-5-4-9(6-16-10)12-17-11(15)8-22-12/h4-6,8H,7,15H2,1-3H3,(H,18,19). The van der Waals surface area contributed by atoms with Gasteiger partial charge in [-0.2, -0.15) is 5.48 Å². The van der Waals surface area contributed by atoms with E-state index < -0.39 is 11.7 Å². The summed E-state index contributed by atoms with van der Waals surface area (Å²) in [5, 5.41) is 2.58. The number of nitrogens with zero attached hydrogens (tertiary/aromatic N) is 2. The number of nitrogens with two attached hydrogens (primary N) is 1. The van der Waals surface area contributed by atoms with E-state index in [0.717, 1.165) is 10.6 Å². The number of nitrogens with one attached hydrogen (secondary N) is 1. The molecule has 0 aromatic carbocycles. The van der Waals surface area contributed by atoms with Crippen molar-refractivity contribution in [2.24, 2.45) is 0 Å². The molecule has 0 unspecified atom stereocenters. The Morgan fingerprint density at radius 1 is 1.41 bits per heavy atom. The Bertz CT molecular complexity index is 634. The van der Waals surface area contributed by atoms with Crippen molar-refractivity contribution in [1.82, 2.24) is 15.4 Å². The molecular formula is C14H18N4O3S. The molecule has 2 aromatic heterocycles. The van der Waals surface area contributed by atoms with E-state index in [0.29, 0.717) is 11.5 Å². The Morgan fingerprint density at radius 3 is 2.73 bits per heavy atom. The van der Waals surface area contributed by atoms with E-state index in [2.05, 4.69) is 15.4 Å². The highest BCUT2D eigenvalue weighted by molar-refractivity contribution is 7.13. The average molecular weight is 322 g/mol. The highest BCUT2D eigenvalue weighted by Crippen LogP contribution is 2.23. The Balaban J connectivity index is 1.83. The van der Waals surface area contributed by atoms with Gasteiger partial charge in [0.2, 0.25) is 0 Å². The molecule has 7 nitrogen and oxygen atoms in total. The van der Waals surface area contributed by atoms with Gasteiger partial charge in [0.05, 0.1) is 5.69 Å². The summed E-state index contributed by atoms with van der Waals surface area (Å²) in [5.74, 6) is 0.494. The number of aromatic nitrogens is 2. The van der Waals surface area contributed by atoms with Crippen LogP contribution in [0.2, 0.25) is 0 Å². The molecule has 0 aliphatic carbocycles. The summed E-state index contributed by atoms with van der Waals surface area (Å²) in [6.45, 7) is 5.47. The maximum Gasteiger partial charge on any atom is 0.431 e. The Hall–Kier alpha value is -2.19. The van der Waals surface area contributed by atoms with Crippen LogP contribution >= 0.6 is 11.3 Å². The number of hydroxylamine groups is 1. The van der Waals surface area contributed by atoms with Crippen LogP contribution in [0.3, 0.4) is 0 Å². The van der Waals surface area contributed by atoms with Crippen LogP contribution in [0.1, 0.15) is 26.5 Å². The number of rotatable bonds is 4. The van der Waals surface area contributed by atoms with E-state index in [9.17, 15) is 4.79 Å². The predicted octanol–water partition coefficient (Wildman–Crippen LogP) is 2.74. The lowest BCUT2D eigenvalue weighted by Gasteiger charge is -2.19. The number of hydrogen-bond acceptors (Lipinski definition) is 7. The highest BCUT2D eigenvalue weighted by atomic mass is 32.1. The lowest BCUT2D eigenvalue weighted by Crippen LogP contribution is -2.32. The maximum absolute atomic E-state index is 11.4. The smallest absolute Gasteiger partial charge is 0.431 e. The number of nitrogen functional groups attached to an aromatic ring is 1. The van der Waals surface area contributed by atoms with Crippen molar-refractivity contribution in [3.8, 4) is 10.6 Å². The monoisotopic (exact) mass is 322 g/mol. The van der Waals surface area contributed by atoms with Crippen LogP contribution in [0.15, 0.2) is 23.7 Å². The van der Waals surface area contributed by atoms with Crippen molar-refractivity contribution in [3.05, 3.63) is 29.4 Å². The molecule has 1 amide bonds. The van der Waals surface area contributed by atoms with Crippen LogP contribution in [0.4, 0.5) is 10.6 Å². The number of thiazole rings is 1. The largest absolute Gasteiger partial charge is 0.442 e. The molecule has 2 heterocycles. The van der Waals surface area contributed by atoms with Crippen LogP contribution < -0.4 is 11.2 Å². The molecule has 0 spiro atoms. The average Bonchev–Trinajstić information content (AvgIpc) is 2.84. The number of carbonyl (C=O) groups is 1. The number of carbonyl (C=O) groups excluding carboxylic acids is 1. The van der Waals surface area contributed by atoms with Crippen molar-refractivity contribution < 1.29 is 14.4 Å². The first kappa shape index (κ1) is 16.2. The zero-order valence-electron chi connectivity index (χ0n) is 12.6. The van der Waals surface area contributed by atoms with Gasteiger partial charge in [-0.25, -0.2) is 9.78 Å². The summed E-state index contributed by atoms with van der Waals surface area (Å²) in [6.07, 6.45) is 1.05. The van der Waals surface area contributed by atoms with Crippen LogP contribution in [0.25, 0.3) is 10.6 Å². The van der Waals surface area contributed by atoms with Crippen LogP contribution in [-0.4, -0.2) is 21.7 Å². The molecule has 0 bridgehead atoms. The molecular weight excluding hydrogens is 304 g/mol. The number of amides is 1. The molecule has 0 aliphatic heterocycles. The van der Waals surface area contributed by atoms with Crippen LogP contribution in [0.5, 0.6) is 0 Å². The van der Waals surface area contributed by atoms with Gasteiger partial charge in [0.1, 0.15) is 23.0 Å². The van der Waals surface area contributed by atoms with E-state index in [4.69, 9.17) is 15.3 Å². The molecule has 118 valence electrons. The number of pyridine rings is 1. The lowest BCUT2D eigenvalue weighted by atomic mass is 10.2. The van der Waals surface area contributed by atoms with Crippen molar-refractivity contribution in [2.45, 2.75) is 33.0 Å². The quantitative estimate of drug-likeness (QED) is 0.840. The van der Waals surface area contributed by atoms with Gasteiger partial charge in [-0.3, -0.25) is 9.82 Å². The molecule has 8 heteroatoms. The van der Waals surface area contributed by atoms with Crippen molar-refractivity contribution in [3.63, 3.8) is 0 Å². The van der Waals surface area contributed by atoms with Crippen molar-refractivity contribution in [2.75, 3.05) is 5.73 Å². The summed E-state index contributed by atoms with van der Waals surface area (Å²) in [4.78, 5) is 24.9. The summed E-state index contributed by atoms with van der Waals surface area (Å²) in [6, 6.07) is 3.67. The van der Waals surface area contributed by atoms with E-state index in [1.165, 1.54) is 11.3 Å². The van der Waals surface area contributed by atoms with Gasteiger partial charge in [0.25, 0.3) is 0 Å². The second kappa shape index (κ2) is 6.71. The fraction of sp³-hybridized carbons (Fsp3) is 0.357. The molecule has 3 N–H and O–H groups in total. The maximum atomic E-state index is 11.4. The number of ether oxygens (including phenoxy) is 1. The molecule has 0 saturated carbocycles. The van der Waals surface area contributed by atoms with Crippen LogP contribution in [0, 0.1) is 0 Å². The van der Waals surface area contributed by atoms with E-state index in [1.54, 1.807) is 38.4 Å². The molecule has 22 heavy (non-hydrogen) atoms. The van der Waals surface area contributed by atoms with Gasteiger partial charge >= 0.3 is 6.09 Å². The summed E-state index contributed by atoms with van der Waals surface area (Å²) in [7, 11) is 0. The SMILES string of the molecule is CC(C)(C)OC(=O)NOCc1ccc(-c2nc(N)cs2)cn1. The van der Waals surface area contributed by atoms with Crippen molar-refractivity contribution in [1.29, 1.82) is 0 Å². The summed E-state index contributed by atoms with van der Waals surface area (Å²) >= 11 is 1.45. The second-order valence-corrected chi connectivity index (χ2v) is 6.37. The minimum Gasteiger partial charge on any atom is -0.442 e. The van der Waals surface area contributed by atoms with Gasteiger partial charge in [0.15, 0.2) is 0 Å². The first-order valence-corrected chi connectivity index (χ1v) is 7.48. The number of hydrogen-bond donors (Lipinski definition) is 2. The normalized spacial score (nSPS) is 11.2. The molecule has 2 rings (SSSR count). The van der Waals surface area contributed by atoms with E-state index in [-0.39, 0.29) is 6.61 Å². The second-order valence-electron chi connectivity index (χ2n) is 5.51. The van der Waals surface area contributed by atoms with Gasteiger partial charge in [-0.15, -0.1) is 11.3 Å². The van der Waals surface area contributed by atoms with Crippen LogP contribution in [-0.2, 0) is 16.2 Å². The first-order chi connectivity index (χ1) is 10.3. The minimum atomic E-state index is -0.637. The van der Waals surface area contributed by atoms with E-state index >= 15 is 0 Å². The summed E-state index contributed by atoms with van der Waals surface area (Å²) in [5.41, 5.74) is 8.78. The molecule has 0 saturated heterocycles. The van der Waals surface area contributed by atoms with Gasteiger partial charge in [-0.1, -0.05) is 0 Å². The zero-order valence-corrected chi connectivity index (χ0v) is 13.4. The molecule has 0 radical (unpaired) electrons. The highest BCUT2D eigenvalue weighted by Gasteiger charge is 2.16. The van der Waals surface area contributed by atoms with Gasteiger partial charge in [-0.05, 0) is 32.9 Å². The number of anilines is 1. The third kappa shape index (κ3) is 4.97. The molecule has 0 fully saturated rings. The Kier molecular flexibility index (Phi) is 4.94. The molecule has 0 aliphatic rings. The zero-order chi connectivity index (χ0) is 16.2.